The molecule has 0 radical (unpaired) electrons. The van der Waals surface area contributed by atoms with Crippen molar-refractivity contribution in [1.82, 2.24) is 40.1 Å². The highest BCUT2D eigenvalue weighted by atomic mass is 15.2. The Morgan fingerprint density at radius 2 is 1.61 bits per heavy atom. The van der Waals surface area contributed by atoms with Crippen LogP contribution in [0.5, 0.6) is 0 Å². The minimum atomic E-state index is 0.629. The SMILES string of the molecule is CN(C)c1cncc(-c2ccc3[nH]nc(-c4nc5c(-c6ccncc6)nccc5[nH]4)c3n2)c1. The summed E-state index contributed by atoms with van der Waals surface area (Å²) in [4.78, 5) is 28.1. The Morgan fingerprint density at radius 3 is 2.45 bits per heavy atom. The topological polar surface area (TPSA) is 112 Å². The fourth-order valence-electron chi connectivity index (χ4n) is 3.81. The molecule has 0 aliphatic heterocycles. The van der Waals surface area contributed by atoms with Gasteiger partial charge in [0.25, 0.3) is 0 Å². The molecule has 6 aromatic heterocycles. The van der Waals surface area contributed by atoms with Gasteiger partial charge in [0, 0.05) is 50.0 Å². The molecule has 0 spiro atoms. The number of hydrogen-bond donors (Lipinski definition) is 2. The van der Waals surface area contributed by atoms with Gasteiger partial charge in [0.1, 0.15) is 11.0 Å². The van der Waals surface area contributed by atoms with Gasteiger partial charge in [-0.25, -0.2) is 9.97 Å². The number of aromatic nitrogens is 8. The zero-order chi connectivity index (χ0) is 22.4. The standard InChI is InChI=1S/C24H19N9/c1-33(2)16-11-15(12-26-13-16)17-3-4-19-22(28-17)23(32-31-19)24-29-18-7-10-27-20(21(18)30-24)14-5-8-25-9-6-14/h3-13H,1-2H3,(H,29,30)(H,31,32). The second-order valence-electron chi connectivity index (χ2n) is 7.87. The smallest absolute Gasteiger partial charge is 0.161 e. The number of pyridine rings is 4. The minimum absolute atomic E-state index is 0.629. The molecule has 0 amide bonds. The van der Waals surface area contributed by atoms with Crippen LogP contribution in [0, 0.1) is 0 Å². The van der Waals surface area contributed by atoms with Crippen LogP contribution in [0.1, 0.15) is 0 Å². The van der Waals surface area contributed by atoms with E-state index in [0.29, 0.717) is 11.5 Å². The van der Waals surface area contributed by atoms with Gasteiger partial charge in [-0.05, 0) is 36.4 Å². The first-order valence-electron chi connectivity index (χ1n) is 10.4. The van der Waals surface area contributed by atoms with E-state index in [2.05, 4.69) is 36.2 Å². The number of anilines is 1. The van der Waals surface area contributed by atoms with Gasteiger partial charge in [0.15, 0.2) is 11.5 Å². The zero-order valence-electron chi connectivity index (χ0n) is 18.0. The van der Waals surface area contributed by atoms with Crippen LogP contribution in [-0.4, -0.2) is 54.2 Å². The lowest BCUT2D eigenvalue weighted by Crippen LogP contribution is -2.08. The first-order valence-corrected chi connectivity index (χ1v) is 10.4. The van der Waals surface area contributed by atoms with Crippen molar-refractivity contribution in [1.29, 1.82) is 0 Å². The third-order valence-electron chi connectivity index (χ3n) is 5.52. The maximum Gasteiger partial charge on any atom is 0.161 e. The summed E-state index contributed by atoms with van der Waals surface area (Å²) in [5, 5.41) is 7.57. The molecule has 6 heterocycles. The molecule has 9 nitrogen and oxygen atoms in total. The lowest BCUT2D eigenvalue weighted by molar-refractivity contribution is 1.10. The van der Waals surface area contributed by atoms with Crippen LogP contribution in [0.25, 0.3) is 56.1 Å². The van der Waals surface area contributed by atoms with E-state index in [1.165, 1.54) is 0 Å². The Hall–Kier alpha value is -4.66. The average molecular weight is 433 g/mol. The lowest BCUT2D eigenvalue weighted by Gasteiger charge is -2.12. The summed E-state index contributed by atoms with van der Waals surface area (Å²) in [6, 6.07) is 11.7. The van der Waals surface area contributed by atoms with E-state index in [1.54, 1.807) is 18.6 Å². The van der Waals surface area contributed by atoms with Gasteiger partial charge in [0.2, 0.25) is 0 Å². The number of aromatic amines is 2. The molecule has 0 aromatic carbocycles. The van der Waals surface area contributed by atoms with Gasteiger partial charge in [-0.3, -0.25) is 20.1 Å². The van der Waals surface area contributed by atoms with E-state index in [1.807, 2.05) is 61.7 Å². The Balaban J connectivity index is 1.48. The van der Waals surface area contributed by atoms with Gasteiger partial charge in [-0.15, -0.1) is 0 Å². The lowest BCUT2D eigenvalue weighted by atomic mass is 10.1. The molecule has 6 rings (SSSR count). The number of H-pyrrole nitrogens is 2. The molecule has 0 saturated heterocycles. The highest BCUT2D eigenvalue weighted by Gasteiger charge is 2.17. The number of nitrogens with zero attached hydrogens (tertiary/aromatic N) is 7. The molecule has 9 heteroatoms. The van der Waals surface area contributed by atoms with Crippen molar-refractivity contribution in [2.45, 2.75) is 0 Å². The van der Waals surface area contributed by atoms with Crippen molar-refractivity contribution in [3.63, 3.8) is 0 Å². The summed E-state index contributed by atoms with van der Waals surface area (Å²) >= 11 is 0. The maximum atomic E-state index is 4.90. The number of fused-ring (bicyclic) bond motifs is 2. The quantitative estimate of drug-likeness (QED) is 0.431. The molecule has 0 fully saturated rings. The molecule has 0 bridgehead atoms. The fraction of sp³-hybridized carbons (Fsp3) is 0.0833. The van der Waals surface area contributed by atoms with Crippen LogP contribution in [0.4, 0.5) is 5.69 Å². The average Bonchev–Trinajstić information content (AvgIpc) is 3.48. The van der Waals surface area contributed by atoms with Crippen LogP contribution >= 0.6 is 0 Å². The van der Waals surface area contributed by atoms with Gasteiger partial charge in [-0.1, -0.05) is 0 Å². The van der Waals surface area contributed by atoms with Gasteiger partial charge >= 0.3 is 0 Å². The molecule has 6 aromatic rings. The van der Waals surface area contributed by atoms with Gasteiger partial charge < -0.3 is 9.88 Å². The second-order valence-corrected chi connectivity index (χ2v) is 7.87. The van der Waals surface area contributed by atoms with Crippen LogP contribution < -0.4 is 4.90 Å². The number of nitrogens with one attached hydrogen (secondary N) is 2. The molecule has 0 atom stereocenters. The highest BCUT2D eigenvalue weighted by Crippen LogP contribution is 2.30. The van der Waals surface area contributed by atoms with Crippen molar-refractivity contribution in [3.8, 4) is 34.0 Å². The Morgan fingerprint density at radius 1 is 0.758 bits per heavy atom. The van der Waals surface area contributed by atoms with E-state index < -0.39 is 0 Å². The largest absolute Gasteiger partial charge is 0.376 e. The normalized spacial score (nSPS) is 11.3. The number of rotatable bonds is 4. The molecule has 0 aliphatic carbocycles. The second kappa shape index (κ2) is 7.49. The van der Waals surface area contributed by atoms with Crippen LogP contribution in [0.3, 0.4) is 0 Å². The first-order chi connectivity index (χ1) is 16.2. The number of hydrogen-bond acceptors (Lipinski definition) is 7. The monoisotopic (exact) mass is 433 g/mol. The predicted molar refractivity (Wildman–Crippen MR) is 128 cm³/mol. The van der Waals surface area contributed by atoms with Crippen LogP contribution in [0.15, 0.2) is 67.4 Å². The molecule has 2 N–H and O–H groups in total. The summed E-state index contributed by atoms with van der Waals surface area (Å²) < 4.78 is 0. The summed E-state index contributed by atoms with van der Waals surface area (Å²) in [6.07, 6.45) is 8.90. The summed E-state index contributed by atoms with van der Waals surface area (Å²) in [6.45, 7) is 0. The molecular formula is C24H19N9. The van der Waals surface area contributed by atoms with Gasteiger partial charge in [0.05, 0.1) is 34.3 Å². The third kappa shape index (κ3) is 3.26. The highest BCUT2D eigenvalue weighted by molar-refractivity contribution is 5.95. The Kier molecular flexibility index (Phi) is 4.32. The van der Waals surface area contributed by atoms with E-state index in [0.717, 1.165) is 50.3 Å². The molecular weight excluding hydrogens is 414 g/mol. The van der Waals surface area contributed by atoms with Crippen LogP contribution in [-0.2, 0) is 0 Å². The van der Waals surface area contributed by atoms with Crippen molar-refractivity contribution in [2.24, 2.45) is 0 Å². The molecule has 160 valence electrons. The summed E-state index contributed by atoms with van der Waals surface area (Å²) in [5.41, 5.74) is 8.37. The van der Waals surface area contributed by atoms with E-state index in [-0.39, 0.29) is 0 Å². The molecule has 0 aliphatic rings. The molecule has 33 heavy (non-hydrogen) atoms. The summed E-state index contributed by atoms with van der Waals surface area (Å²) in [5.74, 6) is 0.629. The molecule has 0 unspecified atom stereocenters. The van der Waals surface area contributed by atoms with E-state index in [4.69, 9.17) is 9.97 Å². The fourth-order valence-corrected chi connectivity index (χ4v) is 3.81. The minimum Gasteiger partial charge on any atom is -0.376 e. The van der Waals surface area contributed by atoms with E-state index >= 15 is 0 Å². The van der Waals surface area contributed by atoms with Crippen molar-refractivity contribution >= 4 is 27.8 Å². The first kappa shape index (κ1) is 19.1. The van der Waals surface area contributed by atoms with E-state index in [9.17, 15) is 0 Å². The van der Waals surface area contributed by atoms with Gasteiger partial charge in [-0.2, -0.15) is 5.10 Å². The summed E-state index contributed by atoms with van der Waals surface area (Å²) in [7, 11) is 3.98. The van der Waals surface area contributed by atoms with Crippen molar-refractivity contribution in [3.05, 3.63) is 67.4 Å². The van der Waals surface area contributed by atoms with Crippen LogP contribution in [0.2, 0.25) is 0 Å². The zero-order valence-corrected chi connectivity index (χ0v) is 18.0. The Bertz CT molecular complexity index is 1600. The van der Waals surface area contributed by atoms with Crippen molar-refractivity contribution in [2.75, 3.05) is 19.0 Å². The predicted octanol–water partition coefficient (Wildman–Crippen LogP) is 4.09. The maximum absolute atomic E-state index is 4.90. The Labute approximate surface area is 188 Å². The van der Waals surface area contributed by atoms with Crippen molar-refractivity contribution < 1.29 is 0 Å². The number of imidazole rings is 1. The molecule has 0 saturated carbocycles. The third-order valence-corrected chi connectivity index (χ3v) is 5.52.